The van der Waals surface area contributed by atoms with Crippen LogP contribution in [0.3, 0.4) is 0 Å². The van der Waals surface area contributed by atoms with Crippen LogP contribution in [-0.2, 0) is 0 Å². The monoisotopic (exact) mass is 203 g/mol. The van der Waals surface area contributed by atoms with Crippen LogP contribution in [0.2, 0.25) is 0 Å². The Kier molecular flexibility index (Phi) is 4.54. The predicted octanol–water partition coefficient (Wildman–Crippen LogP) is 2.59. The Morgan fingerprint density at radius 3 is 2.47 bits per heavy atom. The van der Waals surface area contributed by atoms with Gasteiger partial charge in [0.05, 0.1) is 5.35 Å². The topological polar surface area (TPSA) is 12.9 Å². The number of fused-ring (bicyclic) bond motifs is 1. The van der Waals surface area contributed by atoms with Gasteiger partial charge in [-0.2, -0.15) is 0 Å². The highest BCUT2D eigenvalue weighted by molar-refractivity contribution is 5.36. The van der Waals surface area contributed by atoms with Crippen LogP contribution in [0.4, 0.5) is 0 Å². The quantitative estimate of drug-likeness (QED) is 0.683. The molecule has 2 rings (SSSR count). The molecule has 0 aliphatic heterocycles. The van der Waals surface area contributed by atoms with Crippen LogP contribution in [0, 0.1) is 0 Å². The highest BCUT2D eigenvalue weighted by atomic mass is 14.6. The maximum absolute atomic E-state index is 4.45. The van der Waals surface area contributed by atoms with Crippen molar-refractivity contribution in [2.45, 2.75) is 46.5 Å². The lowest BCUT2D eigenvalue weighted by atomic mass is 10.0. The van der Waals surface area contributed by atoms with E-state index in [-0.39, 0.29) is 0 Å². The van der Waals surface area contributed by atoms with Crippen LogP contribution >= 0.6 is 0 Å². The minimum absolute atomic E-state index is 0.577. The third-order valence-electron chi connectivity index (χ3n) is 2.51. The van der Waals surface area contributed by atoms with Crippen molar-refractivity contribution in [3.8, 4) is 0 Å². The molecular weight excluding hydrogens is 182 g/mol. The molecule has 0 N–H and O–H groups in total. The summed E-state index contributed by atoms with van der Waals surface area (Å²) in [6.45, 7) is 8.41. The van der Waals surface area contributed by atoms with E-state index in [1.54, 1.807) is 0 Å². The molecule has 1 nitrogen and oxygen atoms in total. The van der Waals surface area contributed by atoms with Crippen molar-refractivity contribution in [3.63, 3.8) is 0 Å². The van der Waals surface area contributed by atoms with E-state index < -0.39 is 0 Å². The van der Waals surface area contributed by atoms with E-state index in [0.29, 0.717) is 5.92 Å². The van der Waals surface area contributed by atoms with Gasteiger partial charge in [0.1, 0.15) is 0 Å². The SMILES string of the molecule is CC.CC(C)c1cnc2c(c1)=CCCC=2. The van der Waals surface area contributed by atoms with Crippen molar-refractivity contribution in [1.29, 1.82) is 0 Å². The van der Waals surface area contributed by atoms with E-state index in [4.69, 9.17) is 0 Å². The number of rotatable bonds is 1. The van der Waals surface area contributed by atoms with Gasteiger partial charge in [-0.3, -0.25) is 4.98 Å². The molecule has 0 saturated carbocycles. The molecule has 15 heavy (non-hydrogen) atoms. The van der Waals surface area contributed by atoms with E-state index in [1.807, 2.05) is 20.0 Å². The maximum Gasteiger partial charge on any atom is 0.0659 e. The number of hydrogen-bond acceptors (Lipinski definition) is 1. The number of nitrogens with zero attached hydrogens (tertiary/aromatic N) is 1. The number of pyridine rings is 1. The predicted molar refractivity (Wildman–Crippen MR) is 67.1 cm³/mol. The van der Waals surface area contributed by atoms with Crippen LogP contribution in [0.5, 0.6) is 0 Å². The molecule has 0 aromatic carbocycles. The number of hydrogen-bond donors (Lipinski definition) is 0. The first-order valence-electron chi connectivity index (χ1n) is 5.94. The summed E-state index contributed by atoms with van der Waals surface area (Å²) in [6.07, 6.45) is 8.81. The summed E-state index contributed by atoms with van der Waals surface area (Å²) in [4.78, 5) is 4.45. The van der Waals surface area contributed by atoms with Crippen LogP contribution in [-0.4, -0.2) is 4.98 Å². The van der Waals surface area contributed by atoms with E-state index in [9.17, 15) is 0 Å². The zero-order valence-corrected chi connectivity index (χ0v) is 10.2. The lowest BCUT2D eigenvalue weighted by Gasteiger charge is -2.05. The molecule has 0 unspecified atom stereocenters. The maximum atomic E-state index is 4.45. The fourth-order valence-electron chi connectivity index (χ4n) is 1.62. The van der Waals surface area contributed by atoms with Crippen LogP contribution in [0.15, 0.2) is 12.3 Å². The molecule has 0 atom stereocenters. The minimum atomic E-state index is 0.577. The molecule has 0 amide bonds. The van der Waals surface area contributed by atoms with Crippen LogP contribution in [0.1, 0.15) is 52.0 Å². The molecule has 0 radical (unpaired) electrons. The van der Waals surface area contributed by atoms with Gasteiger partial charge in [-0.15, -0.1) is 0 Å². The average molecular weight is 203 g/mol. The number of aromatic nitrogens is 1. The third-order valence-corrected chi connectivity index (χ3v) is 2.51. The van der Waals surface area contributed by atoms with E-state index >= 15 is 0 Å². The smallest absolute Gasteiger partial charge is 0.0659 e. The molecule has 1 aromatic rings. The lowest BCUT2D eigenvalue weighted by Crippen LogP contribution is -2.30. The summed E-state index contributed by atoms with van der Waals surface area (Å²) in [6, 6.07) is 2.27. The van der Waals surface area contributed by atoms with Crippen molar-refractivity contribution in [3.05, 3.63) is 28.4 Å². The van der Waals surface area contributed by atoms with Crippen molar-refractivity contribution in [1.82, 2.24) is 4.98 Å². The van der Waals surface area contributed by atoms with Crippen LogP contribution in [0.25, 0.3) is 12.2 Å². The summed E-state index contributed by atoms with van der Waals surface area (Å²) in [5.74, 6) is 0.577. The summed E-state index contributed by atoms with van der Waals surface area (Å²) < 4.78 is 0. The zero-order valence-electron chi connectivity index (χ0n) is 10.2. The Labute approximate surface area is 92.6 Å². The molecule has 0 fully saturated rings. The first kappa shape index (κ1) is 12.0. The molecule has 1 aliphatic rings. The summed E-state index contributed by atoms with van der Waals surface area (Å²) in [5.41, 5.74) is 1.34. The van der Waals surface area contributed by atoms with E-state index in [2.05, 4.69) is 37.0 Å². The van der Waals surface area contributed by atoms with Gasteiger partial charge in [0.2, 0.25) is 0 Å². The molecule has 0 spiro atoms. The van der Waals surface area contributed by atoms with Crippen molar-refractivity contribution < 1.29 is 0 Å². The highest BCUT2D eigenvalue weighted by Crippen LogP contribution is 2.09. The van der Waals surface area contributed by atoms with Gasteiger partial charge in [0.25, 0.3) is 0 Å². The van der Waals surface area contributed by atoms with E-state index in [0.717, 1.165) is 18.2 Å². The lowest BCUT2D eigenvalue weighted by molar-refractivity contribution is 0.851. The largest absolute Gasteiger partial charge is 0.256 e. The van der Waals surface area contributed by atoms with Crippen molar-refractivity contribution in [2.24, 2.45) is 0 Å². The second-order valence-electron chi connectivity index (χ2n) is 3.88. The highest BCUT2D eigenvalue weighted by Gasteiger charge is 2.00. The standard InChI is InChI=1S/C12H15N.C2H6/c1-9(2)11-7-10-5-3-4-6-12(10)13-8-11;1-2/h5-9H,3-4H2,1-2H3;1-2H3. The van der Waals surface area contributed by atoms with Gasteiger partial charge >= 0.3 is 0 Å². The van der Waals surface area contributed by atoms with Crippen LogP contribution < -0.4 is 10.6 Å². The third kappa shape index (κ3) is 2.92. The molecule has 1 aliphatic carbocycles. The van der Waals surface area contributed by atoms with Gasteiger partial charge in [-0.1, -0.05) is 39.8 Å². The van der Waals surface area contributed by atoms with Gasteiger partial charge in [0.15, 0.2) is 0 Å². The second-order valence-corrected chi connectivity index (χ2v) is 3.88. The Morgan fingerprint density at radius 2 is 1.80 bits per heavy atom. The fraction of sp³-hybridized carbons (Fsp3) is 0.500. The van der Waals surface area contributed by atoms with Gasteiger partial charge in [0, 0.05) is 6.20 Å². The summed E-state index contributed by atoms with van der Waals surface area (Å²) >= 11 is 0. The first-order valence-corrected chi connectivity index (χ1v) is 5.94. The molecule has 1 heterocycles. The van der Waals surface area contributed by atoms with Gasteiger partial charge in [-0.05, 0) is 35.6 Å². The molecule has 0 bridgehead atoms. The molecule has 82 valence electrons. The van der Waals surface area contributed by atoms with E-state index in [1.165, 1.54) is 10.8 Å². The van der Waals surface area contributed by atoms with Gasteiger partial charge < -0.3 is 0 Å². The normalized spacial score (nSPS) is 13.1. The summed E-state index contributed by atoms with van der Waals surface area (Å²) in [5, 5.41) is 2.48. The fourth-order valence-corrected chi connectivity index (χ4v) is 1.62. The minimum Gasteiger partial charge on any atom is -0.256 e. The first-order chi connectivity index (χ1) is 7.27. The Balaban J connectivity index is 0.000000531. The Hall–Kier alpha value is -1.11. The second kappa shape index (κ2) is 5.69. The molecule has 1 heteroatoms. The Bertz CT molecular complexity index is 415. The molecule has 0 saturated heterocycles. The average Bonchev–Trinajstić information content (AvgIpc) is 2.31. The summed E-state index contributed by atoms with van der Waals surface area (Å²) in [7, 11) is 0. The van der Waals surface area contributed by atoms with Gasteiger partial charge in [-0.25, -0.2) is 0 Å². The Morgan fingerprint density at radius 1 is 1.13 bits per heavy atom. The molecule has 1 aromatic heterocycles. The molecular formula is C14H21N. The van der Waals surface area contributed by atoms with Crippen molar-refractivity contribution >= 4 is 12.2 Å². The zero-order chi connectivity index (χ0) is 11.3. The van der Waals surface area contributed by atoms with Crippen molar-refractivity contribution in [2.75, 3.05) is 0 Å².